The van der Waals surface area contributed by atoms with Crippen molar-refractivity contribution in [2.75, 3.05) is 7.11 Å². The number of methoxy groups -OCH3 is 1. The Labute approximate surface area is 129 Å². The number of ether oxygens (including phenoxy) is 1. The molecular weight excluding hydrogens is 325 g/mol. The average molecular weight is 342 g/mol. The first kappa shape index (κ1) is 17.7. The van der Waals surface area contributed by atoms with E-state index in [1.165, 1.54) is 7.11 Å². The topological polar surface area (TPSA) is 75.6 Å². The van der Waals surface area contributed by atoms with Crippen LogP contribution in [0.3, 0.4) is 0 Å². The van der Waals surface area contributed by atoms with Crippen LogP contribution < -0.4 is 4.72 Å². The van der Waals surface area contributed by atoms with Crippen LogP contribution in [-0.2, 0) is 15.0 Å². The fourth-order valence-corrected chi connectivity index (χ4v) is 3.30. The van der Waals surface area contributed by atoms with E-state index in [-0.39, 0.29) is 5.92 Å². The van der Waals surface area contributed by atoms with Crippen molar-refractivity contribution in [1.82, 2.24) is 4.72 Å². The molecule has 20 heavy (non-hydrogen) atoms. The second-order valence-electron chi connectivity index (χ2n) is 4.65. The summed E-state index contributed by atoms with van der Waals surface area (Å²) >= 11 is 12.2. The van der Waals surface area contributed by atoms with E-state index in [4.69, 9.17) is 32.5 Å². The fraction of sp³-hybridized carbons (Fsp3) is 0.500. The third-order valence-corrected chi connectivity index (χ3v) is 4.10. The van der Waals surface area contributed by atoms with Gasteiger partial charge in [-0.1, -0.05) is 43.1 Å². The van der Waals surface area contributed by atoms with E-state index < -0.39 is 22.4 Å². The molecule has 0 aliphatic heterocycles. The maximum atomic E-state index is 11.1. The Hall–Kier alpha value is -0.370. The second kappa shape index (κ2) is 7.06. The van der Waals surface area contributed by atoms with Crippen LogP contribution in [0.1, 0.15) is 25.5 Å². The molecule has 8 heteroatoms. The summed E-state index contributed by atoms with van der Waals surface area (Å²) in [7, 11) is -2.95. The van der Waals surface area contributed by atoms with Crippen LogP contribution in [0.4, 0.5) is 0 Å². The zero-order chi connectivity index (χ0) is 15.5. The number of hydrogen-bond donors (Lipinski definition) is 2. The molecule has 0 aromatic heterocycles. The lowest BCUT2D eigenvalue weighted by Crippen LogP contribution is -2.43. The van der Waals surface area contributed by atoms with E-state index in [0.29, 0.717) is 15.6 Å². The third kappa shape index (κ3) is 4.58. The van der Waals surface area contributed by atoms with Gasteiger partial charge in [-0.25, -0.2) is 0 Å². The first-order valence-electron chi connectivity index (χ1n) is 5.88. The quantitative estimate of drug-likeness (QED) is 0.779. The van der Waals surface area contributed by atoms with Crippen molar-refractivity contribution in [3.8, 4) is 0 Å². The van der Waals surface area contributed by atoms with Crippen LogP contribution in [-0.4, -0.2) is 26.1 Å². The van der Waals surface area contributed by atoms with Crippen molar-refractivity contribution < 1.29 is 17.7 Å². The molecule has 0 saturated carbocycles. The Morgan fingerprint density at radius 3 is 2.10 bits per heavy atom. The Balaban J connectivity index is 3.27. The molecule has 1 aromatic rings. The first-order chi connectivity index (χ1) is 9.17. The molecule has 0 spiro atoms. The molecule has 2 atom stereocenters. The van der Waals surface area contributed by atoms with Gasteiger partial charge in [0.25, 0.3) is 0 Å². The molecule has 0 aliphatic rings. The van der Waals surface area contributed by atoms with Gasteiger partial charge < -0.3 is 4.74 Å². The van der Waals surface area contributed by atoms with Gasteiger partial charge in [0.05, 0.1) is 6.04 Å². The van der Waals surface area contributed by atoms with Crippen molar-refractivity contribution >= 4 is 33.5 Å². The van der Waals surface area contributed by atoms with E-state index in [0.717, 1.165) is 0 Å². The molecule has 0 radical (unpaired) electrons. The predicted octanol–water partition coefficient (Wildman–Crippen LogP) is 3.10. The van der Waals surface area contributed by atoms with E-state index in [2.05, 4.69) is 4.72 Å². The Morgan fingerprint density at radius 1 is 1.25 bits per heavy atom. The molecule has 1 rings (SSSR count). The molecule has 0 bridgehead atoms. The summed E-state index contributed by atoms with van der Waals surface area (Å²) in [5.41, 5.74) is 0.480. The Kier molecular flexibility index (Phi) is 6.25. The normalized spacial score (nSPS) is 15.3. The monoisotopic (exact) mass is 341 g/mol. The van der Waals surface area contributed by atoms with E-state index in [1.807, 2.05) is 0 Å². The minimum Gasteiger partial charge on any atom is -0.375 e. The maximum absolute atomic E-state index is 11.1. The summed E-state index contributed by atoms with van der Waals surface area (Å²) in [5, 5.41) is 0.735. The zero-order valence-electron chi connectivity index (χ0n) is 11.3. The van der Waals surface area contributed by atoms with E-state index in [9.17, 15) is 8.42 Å². The van der Waals surface area contributed by atoms with E-state index >= 15 is 0 Å². The molecule has 0 fully saturated rings. The first-order valence-corrected chi connectivity index (χ1v) is 8.08. The van der Waals surface area contributed by atoms with Crippen LogP contribution in [0.15, 0.2) is 18.2 Å². The lowest BCUT2D eigenvalue weighted by Gasteiger charge is -2.30. The summed E-state index contributed by atoms with van der Waals surface area (Å²) in [6.07, 6.45) is -0.724. The fourth-order valence-electron chi connectivity index (χ4n) is 1.95. The van der Waals surface area contributed by atoms with Crippen LogP contribution >= 0.6 is 23.2 Å². The van der Waals surface area contributed by atoms with Crippen LogP contribution in [0, 0.1) is 5.92 Å². The van der Waals surface area contributed by atoms with Crippen LogP contribution in [0.5, 0.6) is 0 Å². The molecule has 0 aliphatic carbocycles. The summed E-state index contributed by atoms with van der Waals surface area (Å²) in [6, 6.07) is 4.24. The smallest absolute Gasteiger partial charge is 0.333 e. The van der Waals surface area contributed by atoms with Gasteiger partial charge in [0, 0.05) is 22.7 Å². The highest BCUT2D eigenvalue weighted by Crippen LogP contribution is 2.35. The van der Waals surface area contributed by atoms with Crippen LogP contribution in [0.2, 0.25) is 10.0 Å². The largest absolute Gasteiger partial charge is 0.375 e. The lowest BCUT2D eigenvalue weighted by molar-refractivity contribution is 0.0596. The highest BCUT2D eigenvalue weighted by Gasteiger charge is 2.32. The van der Waals surface area contributed by atoms with Crippen molar-refractivity contribution in [2.24, 2.45) is 5.92 Å². The number of benzene rings is 1. The SMILES string of the molecule is CO[C@@H](c1c(Cl)cccc1Cl)[C@@H](NS(=O)(=O)O)C(C)C. The van der Waals surface area contributed by atoms with Gasteiger partial charge in [0.2, 0.25) is 0 Å². The number of halogens is 2. The van der Waals surface area contributed by atoms with Gasteiger partial charge in [0.15, 0.2) is 0 Å². The Bertz CT molecular complexity index is 542. The van der Waals surface area contributed by atoms with Gasteiger partial charge in [-0.05, 0) is 18.1 Å². The summed E-state index contributed by atoms with van der Waals surface area (Å²) in [4.78, 5) is 0. The minimum atomic E-state index is -4.37. The minimum absolute atomic E-state index is 0.158. The number of nitrogens with one attached hydrogen (secondary N) is 1. The lowest BCUT2D eigenvalue weighted by atomic mass is 9.94. The Morgan fingerprint density at radius 2 is 1.75 bits per heavy atom. The van der Waals surface area contributed by atoms with Crippen molar-refractivity contribution in [2.45, 2.75) is 26.0 Å². The molecule has 0 heterocycles. The highest BCUT2D eigenvalue weighted by atomic mass is 35.5. The van der Waals surface area contributed by atoms with Crippen molar-refractivity contribution in [1.29, 1.82) is 0 Å². The molecule has 1 aromatic carbocycles. The molecule has 5 nitrogen and oxygen atoms in total. The number of hydrogen-bond acceptors (Lipinski definition) is 3. The summed E-state index contributed by atoms with van der Waals surface area (Å²) < 4.78 is 38.7. The van der Waals surface area contributed by atoms with Gasteiger partial charge in [-0.2, -0.15) is 13.1 Å². The third-order valence-electron chi connectivity index (χ3n) is 2.87. The molecule has 0 amide bonds. The standard InChI is InChI=1S/C12H17Cl2NO4S/c1-7(2)11(15-20(16,17)18)12(19-3)10-8(13)5-4-6-9(10)14/h4-7,11-12,15H,1-3H3,(H,16,17,18)/t11-,12-/m0/s1. The van der Waals surface area contributed by atoms with Gasteiger partial charge >= 0.3 is 10.3 Å². The maximum Gasteiger partial charge on any atom is 0.333 e. The second-order valence-corrected chi connectivity index (χ2v) is 6.65. The molecular formula is C12H17Cl2NO4S. The van der Waals surface area contributed by atoms with Crippen molar-refractivity contribution in [3.05, 3.63) is 33.8 Å². The number of rotatable bonds is 6. The van der Waals surface area contributed by atoms with Crippen LogP contribution in [0.25, 0.3) is 0 Å². The average Bonchev–Trinajstić information content (AvgIpc) is 2.30. The van der Waals surface area contributed by atoms with Gasteiger partial charge in [-0.3, -0.25) is 4.55 Å². The zero-order valence-corrected chi connectivity index (χ0v) is 13.6. The predicted molar refractivity (Wildman–Crippen MR) is 79.5 cm³/mol. The summed E-state index contributed by atoms with van der Waals surface area (Å²) in [5.74, 6) is -0.158. The van der Waals surface area contributed by atoms with Gasteiger partial charge in [-0.15, -0.1) is 0 Å². The van der Waals surface area contributed by atoms with E-state index in [1.54, 1.807) is 32.0 Å². The highest BCUT2D eigenvalue weighted by molar-refractivity contribution is 7.83. The molecule has 2 N–H and O–H groups in total. The molecule has 114 valence electrons. The summed E-state index contributed by atoms with van der Waals surface area (Å²) in [6.45, 7) is 3.58. The van der Waals surface area contributed by atoms with Gasteiger partial charge in [0.1, 0.15) is 6.10 Å². The molecule has 0 saturated heterocycles. The van der Waals surface area contributed by atoms with Crippen molar-refractivity contribution in [3.63, 3.8) is 0 Å². The molecule has 0 unspecified atom stereocenters.